The molecule has 6 heteroatoms. The number of carbonyl (C=O) groups is 1. The third-order valence-corrected chi connectivity index (χ3v) is 3.59. The van der Waals surface area contributed by atoms with E-state index in [0.717, 1.165) is 30.8 Å². The second kappa shape index (κ2) is 8.81. The first-order valence-corrected chi connectivity index (χ1v) is 7.59. The third-order valence-electron chi connectivity index (χ3n) is 3.59. The van der Waals surface area contributed by atoms with Gasteiger partial charge in [-0.2, -0.15) is 5.26 Å². The van der Waals surface area contributed by atoms with E-state index in [9.17, 15) is 4.79 Å². The SMILES string of the molecule is COc1ccc(CN/C=C(/C#N)C(=O)NCC2CCCO2)cc1. The summed E-state index contributed by atoms with van der Waals surface area (Å²) in [4.78, 5) is 11.9. The van der Waals surface area contributed by atoms with Crippen LogP contribution in [0.4, 0.5) is 0 Å². The minimum Gasteiger partial charge on any atom is -0.497 e. The van der Waals surface area contributed by atoms with Crippen LogP contribution in [-0.4, -0.2) is 32.3 Å². The lowest BCUT2D eigenvalue weighted by atomic mass is 10.2. The van der Waals surface area contributed by atoms with Gasteiger partial charge < -0.3 is 20.1 Å². The molecule has 0 aromatic heterocycles. The van der Waals surface area contributed by atoms with Crippen molar-refractivity contribution < 1.29 is 14.3 Å². The maximum Gasteiger partial charge on any atom is 0.263 e. The van der Waals surface area contributed by atoms with Crippen molar-refractivity contribution in [2.24, 2.45) is 0 Å². The molecule has 1 fully saturated rings. The summed E-state index contributed by atoms with van der Waals surface area (Å²) in [6.07, 6.45) is 3.47. The fourth-order valence-electron chi connectivity index (χ4n) is 2.27. The Hall–Kier alpha value is -2.52. The molecular formula is C17H21N3O3. The molecule has 1 heterocycles. The van der Waals surface area contributed by atoms with Crippen LogP contribution in [0.25, 0.3) is 0 Å². The predicted octanol–water partition coefficient (Wildman–Crippen LogP) is 1.49. The molecule has 1 aromatic carbocycles. The maximum atomic E-state index is 11.9. The van der Waals surface area contributed by atoms with Crippen molar-refractivity contribution in [3.8, 4) is 11.8 Å². The highest BCUT2D eigenvalue weighted by atomic mass is 16.5. The summed E-state index contributed by atoms with van der Waals surface area (Å²) in [7, 11) is 1.62. The van der Waals surface area contributed by atoms with E-state index in [2.05, 4.69) is 10.6 Å². The molecule has 122 valence electrons. The molecule has 2 N–H and O–H groups in total. The Balaban J connectivity index is 1.80. The van der Waals surface area contributed by atoms with Crippen LogP contribution in [-0.2, 0) is 16.1 Å². The van der Waals surface area contributed by atoms with E-state index in [1.54, 1.807) is 7.11 Å². The van der Waals surface area contributed by atoms with Crippen LogP contribution in [0.5, 0.6) is 5.75 Å². The van der Waals surface area contributed by atoms with E-state index in [1.807, 2.05) is 30.3 Å². The lowest BCUT2D eigenvalue weighted by Gasteiger charge is -2.10. The van der Waals surface area contributed by atoms with E-state index in [0.29, 0.717) is 13.1 Å². The van der Waals surface area contributed by atoms with Gasteiger partial charge >= 0.3 is 0 Å². The Morgan fingerprint density at radius 3 is 2.87 bits per heavy atom. The van der Waals surface area contributed by atoms with Crippen LogP contribution in [0.1, 0.15) is 18.4 Å². The lowest BCUT2D eigenvalue weighted by molar-refractivity contribution is -0.117. The van der Waals surface area contributed by atoms with Gasteiger partial charge in [0.25, 0.3) is 5.91 Å². The lowest BCUT2D eigenvalue weighted by Crippen LogP contribution is -2.32. The van der Waals surface area contributed by atoms with Gasteiger partial charge in [0.05, 0.1) is 13.2 Å². The van der Waals surface area contributed by atoms with Crippen LogP contribution in [0, 0.1) is 11.3 Å². The van der Waals surface area contributed by atoms with Gasteiger partial charge in [-0.15, -0.1) is 0 Å². The van der Waals surface area contributed by atoms with Gasteiger partial charge in [0.15, 0.2) is 0 Å². The van der Waals surface area contributed by atoms with Gasteiger partial charge in [-0.05, 0) is 30.5 Å². The third kappa shape index (κ3) is 5.31. The molecule has 23 heavy (non-hydrogen) atoms. The number of nitriles is 1. The molecule has 0 radical (unpaired) electrons. The second-order valence-electron chi connectivity index (χ2n) is 5.24. The van der Waals surface area contributed by atoms with Crippen LogP contribution in [0.15, 0.2) is 36.0 Å². The number of hydrogen-bond acceptors (Lipinski definition) is 5. The second-order valence-corrected chi connectivity index (χ2v) is 5.24. The number of hydrogen-bond donors (Lipinski definition) is 2. The van der Waals surface area contributed by atoms with Crippen LogP contribution >= 0.6 is 0 Å². The Morgan fingerprint density at radius 2 is 2.26 bits per heavy atom. The fraction of sp³-hybridized carbons (Fsp3) is 0.412. The molecule has 2 rings (SSSR count). The van der Waals surface area contributed by atoms with E-state index in [1.165, 1.54) is 6.20 Å². The zero-order valence-electron chi connectivity index (χ0n) is 13.2. The van der Waals surface area contributed by atoms with Gasteiger partial charge in [-0.25, -0.2) is 0 Å². The molecule has 1 aromatic rings. The molecular weight excluding hydrogens is 294 g/mol. The van der Waals surface area contributed by atoms with E-state index >= 15 is 0 Å². The highest BCUT2D eigenvalue weighted by molar-refractivity contribution is 5.97. The first kappa shape index (κ1) is 16.8. The number of carbonyl (C=O) groups excluding carboxylic acids is 1. The Kier molecular flexibility index (Phi) is 6.45. The first-order valence-electron chi connectivity index (χ1n) is 7.59. The highest BCUT2D eigenvalue weighted by Gasteiger charge is 2.17. The van der Waals surface area contributed by atoms with Crippen LogP contribution < -0.4 is 15.4 Å². The van der Waals surface area contributed by atoms with Crippen molar-refractivity contribution in [1.82, 2.24) is 10.6 Å². The monoisotopic (exact) mass is 315 g/mol. The van der Waals surface area contributed by atoms with Gasteiger partial charge in [-0.1, -0.05) is 12.1 Å². The molecule has 1 aliphatic heterocycles. The first-order chi connectivity index (χ1) is 11.2. The summed E-state index contributed by atoms with van der Waals surface area (Å²) in [5.74, 6) is 0.403. The molecule has 0 aliphatic carbocycles. The van der Waals surface area contributed by atoms with Crippen molar-refractivity contribution in [2.45, 2.75) is 25.5 Å². The zero-order valence-corrected chi connectivity index (χ0v) is 13.2. The molecule has 1 aliphatic rings. The molecule has 0 spiro atoms. The quantitative estimate of drug-likeness (QED) is 0.588. The number of nitrogens with zero attached hydrogens (tertiary/aromatic N) is 1. The summed E-state index contributed by atoms with van der Waals surface area (Å²) >= 11 is 0. The number of nitrogens with one attached hydrogen (secondary N) is 2. The van der Waals surface area contributed by atoms with Crippen LogP contribution in [0.3, 0.4) is 0 Å². The summed E-state index contributed by atoms with van der Waals surface area (Å²) < 4.78 is 10.5. The van der Waals surface area contributed by atoms with Gasteiger partial charge in [-0.3, -0.25) is 4.79 Å². The molecule has 1 amide bonds. The molecule has 0 saturated carbocycles. The van der Waals surface area contributed by atoms with Crippen molar-refractivity contribution in [1.29, 1.82) is 5.26 Å². The zero-order chi connectivity index (χ0) is 16.5. The smallest absolute Gasteiger partial charge is 0.263 e. The van der Waals surface area contributed by atoms with Crippen molar-refractivity contribution in [3.63, 3.8) is 0 Å². The summed E-state index contributed by atoms with van der Waals surface area (Å²) in [6.45, 7) is 1.70. The van der Waals surface area contributed by atoms with Crippen molar-refractivity contribution in [3.05, 3.63) is 41.6 Å². The summed E-state index contributed by atoms with van der Waals surface area (Å²) in [5, 5.41) is 14.8. The Bertz CT molecular complexity index is 584. The Labute approximate surface area is 136 Å². The molecule has 1 atom stereocenters. The molecule has 6 nitrogen and oxygen atoms in total. The summed E-state index contributed by atoms with van der Waals surface area (Å²) in [5.41, 5.74) is 1.08. The Morgan fingerprint density at radius 1 is 1.48 bits per heavy atom. The van der Waals surface area contributed by atoms with E-state index in [-0.39, 0.29) is 17.6 Å². The normalized spacial score (nSPS) is 17.4. The topological polar surface area (TPSA) is 83.4 Å². The van der Waals surface area contributed by atoms with Gasteiger partial charge in [0, 0.05) is 25.9 Å². The minimum atomic E-state index is -0.384. The highest BCUT2D eigenvalue weighted by Crippen LogP contribution is 2.11. The number of rotatable bonds is 7. The fourth-order valence-corrected chi connectivity index (χ4v) is 2.27. The van der Waals surface area contributed by atoms with Gasteiger partial charge in [0.2, 0.25) is 0 Å². The molecule has 1 unspecified atom stereocenters. The van der Waals surface area contributed by atoms with Crippen molar-refractivity contribution in [2.75, 3.05) is 20.3 Å². The number of methoxy groups -OCH3 is 1. The average Bonchev–Trinajstić information content (AvgIpc) is 3.10. The van der Waals surface area contributed by atoms with Crippen LogP contribution in [0.2, 0.25) is 0 Å². The summed E-state index contributed by atoms with van der Waals surface area (Å²) in [6, 6.07) is 9.47. The number of benzene rings is 1. The number of ether oxygens (including phenoxy) is 2. The van der Waals surface area contributed by atoms with Crippen molar-refractivity contribution >= 4 is 5.91 Å². The maximum absolute atomic E-state index is 11.9. The largest absolute Gasteiger partial charge is 0.497 e. The average molecular weight is 315 g/mol. The standard InChI is InChI=1S/C17H21N3O3/c1-22-15-6-4-13(5-7-15)10-19-11-14(9-18)17(21)20-12-16-3-2-8-23-16/h4-7,11,16,19H,2-3,8,10,12H2,1H3,(H,20,21)/b14-11-. The molecule has 0 bridgehead atoms. The van der Waals surface area contributed by atoms with E-state index < -0.39 is 0 Å². The van der Waals surface area contributed by atoms with Gasteiger partial charge in [0.1, 0.15) is 17.4 Å². The number of amides is 1. The predicted molar refractivity (Wildman–Crippen MR) is 85.5 cm³/mol. The van der Waals surface area contributed by atoms with E-state index in [4.69, 9.17) is 14.7 Å². The molecule has 1 saturated heterocycles. The minimum absolute atomic E-state index is 0.0523.